The van der Waals surface area contributed by atoms with Gasteiger partial charge in [-0.15, -0.1) is 0 Å². The summed E-state index contributed by atoms with van der Waals surface area (Å²) in [5, 5.41) is 9.04. The lowest BCUT2D eigenvalue weighted by atomic mass is 10.5. The zero-order valence-electron chi connectivity index (χ0n) is 5.29. The largest absolute Gasteiger partial charge is 0.477 e. The van der Waals surface area contributed by atoms with Crippen molar-refractivity contribution in [2.24, 2.45) is 0 Å². The molecule has 0 aliphatic carbocycles. The van der Waals surface area contributed by atoms with Crippen molar-refractivity contribution < 1.29 is 9.90 Å². The number of aromatic nitrogens is 2. The van der Waals surface area contributed by atoms with Gasteiger partial charge >= 0.3 is 5.97 Å². The van der Waals surface area contributed by atoms with Crippen LogP contribution in [0.5, 0.6) is 0 Å². The predicted octanol–water partition coefficient (Wildman–Crippen LogP) is 0.830. The molecule has 2 N–H and O–H groups in total. The maximum atomic E-state index is 10.2. The van der Waals surface area contributed by atoms with Gasteiger partial charge in [0.05, 0.1) is 6.20 Å². The fourth-order valence-corrected chi connectivity index (χ4v) is 0.885. The number of imidazole rings is 1. The second-order valence-electron chi connectivity index (χ2n) is 1.61. The van der Waals surface area contributed by atoms with E-state index in [2.05, 4.69) is 9.97 Å². The van der Waals surface area contributed by atoms with E-state index >= 15 is 0 Å². The molecule has 5 heteroatoms. The summed E-state index contributed by atoms with van der Waals surface area (Å²) >= 11 is 1.38. The Morgan fingerprint density at radius 2 is 2.60 bits per heavy atom. The maximum Gasteiger partial charge on any atom is 0.353 e. The van der Waals surface area contributed by atoms with Crippen LogP contribution in [-0.2, 0) is 0 Å². The highest BCUT2D eigenvalue weighted by Gasteiger charge is 2.04. The highest BCUT2D eigenvalue weighted by molar-refractivity contribution is 7.98. The molecule has 1 aromatic heterocycles. The van der Waals surface area contributed by atoms with Crippen LogP contribution in [0.3, 0.4) is 0 Å². The lowest BCUT2D eigenvalue weighted by molar-refractivity contribution is 0.0690. The number of carboxylic acid groups (broad SMARTS) is 1. The molecule has 0 aromatic carbocycles. The number of hydrogen-bond acceptors (Lipinski definition) is 3. The van der Waals surface area contributed by atoms with E-state index in [1.807, 2.05) is 6.26 Å². The molecule has 0 spiro atoms. The monoisotopic (exact) mass is 158 g/mol. The molecule has 1 rings (SSSR count). The van der Waals surface area contributed by atoms with Crippen molar-refractivity contribution >= 4 is 17.7 Å². The first-order valence-corrected chi connectivity index (χ1v) is 3.79. The van der Waals surface area contributed by atoms with Gasteiger partial charge in [0, 0.05) is 0 Å². The van der Waals surface area contributed by atoms with E-state index in [4.69, 9.17) is 5.11 Å². The van der Waals surface area contributed by atoms with Crippen LogP contribution in [0.15, 0.2) is 11.4 Å². The number of carboxylic acids is 1. The minimum atomic E-state index is -0.979. The molecule has 4 nitrogen and oxygen atoms in total. The number of hydrogen-bond donors (Lipinski definition) is 2. The molecule has 0 unspecified atom stereocenters. The van der Waals surface area contributed by atoms with E-state index in [0.29, 0.717) is 5.16 Å². The van der Waals surface area contributed by atoms with Crippen molar-refractivity contribution in [2.45, 2.75) is 5.16 Å². The van der Waals surface area contributed by atoms with Gasteiger partial charge in [-0.25, -0.2) is 9.78 Å². The van der Waals surface area contributed by atoms with Gasteiger partial charge in [-0.05, 0) is 6.26 Å². The first-order chi connectivity index (χ1) is 4.74. The summed E-state index contributed by atoms with van der Waals surface area (Å²) in [7, 11) is 0. The molecule has 0 saturated carbocycles. The van der Waals surface area contributed by atoms with E-state index in [0.717, 1.165) is 0 Å². The van der Waals surface area contributed by atoms with Crippen LogP contribution in [0.2, 0.25) is 0 Å². The highest BCUT2D eigenvalue weighted by atomic mass is 32.2. The standard InChI is InChI=1S/C5H6N2O2S/c1-10-5-6-2-3(7-5)4(8)9/h2H,1H3,(H,6,7)(H,8,9). The van der Waals surface area contributed by atoms with Crippen molar-refractivity contribution in [2.75, 3.05) is 6.26 Å². The number of rotatable bonds is 2. The van der Waals surface area contributed by atoms with Crippen molar-refractivity contribution in [1.82, 2.24) is 9.97 Å². The van der Waals surface area contributed by atoms with E-state index < -0.39 is 5.97 Å². The summed E-state index contributed by atoms with van der Waals surface area (Å²) in [6, 6.07) is 0. The third-order valence-corrected chi connectivity index (χ3v) is 1.57. The zero-order chi connectivity index (χ0) is 7.56. The molecule has 0 aliphatic heterocycles. The van der Waals surface area contributed by atoms with Gasteiger partial charge in [0.25, 0.3) is 0 Å². The molecule has 0 aliphatic rings. The van der Waals surface area contributed by atoms with E-state index in [1.165, 1.54) is 18.0 Å². The van der Waals surface area contributed by atoms with Crippen LogP contribution in [0.25, 0.3) is 0 Å². The first-order valence-electron chi connectivity index (χ1n) is 2.56. The van der Waals surface area contributed by atoms with Gasteiger partial charge in [-0.3, -0.25) is 0 Å². The summed E-state index contributed by atoms with van der Waals surface area (Å²) < 4.78 is 0. The molecule has 10 heavy (non-hydrogen) atoms. The number of carbonyl (C=O) groups is 1. The molecule has 0 saturated heterocycles. The minimum Gasteiger partial charge on any atom is -0.477 e. The molecule has 1 aromatic rings. The topological polar surface area (TPSA) is 66.0 Å². The van der Waals surface area contributed by atoms with Crippen LogP contribution in [0.4, 0.5) is 0 Å². The molecule has 0 amide bonds. The third-order valence-electron chi connectivity index (χ3n) is 0.976. The van der Waals surface area contributed by atoms with Gasteiger partial charge in [0.15, 0.2) is 5.16 Å². The van der Waals surface area contributed by atoms with Crippen LogP contribution in [0, 0.1) is 0 Å². The van der Waals surface area contributed by atoms with E-state index in [9.17, 15) is 4.79 Å². The lowest BCUT2D eigenvalue weighted by Gasteiger charge is -1.84. The van der Waals surface area contributed by atoms with Gasteiger partial charge in [-0.1, -0.05) is 11.8 Å². The second kappa shape index (κ2) is 2.74. The highest BCUT2D eigenvalue weighted by Crippen LogP contribution is 2.08. The van der Waals surface area contributed by atoms with Crippen LogP contribution < -0.4 is 0 Å². The maximum absolute atomic E-state index is 10.2. The van der Waals surface area contributed by atoms with Crippen molar-refractivity contribution in [3.63, 3.8) is 0 Å². The molecule has 0 fully saturated rings. The Morgan fingerprint density at radius 1 is 1.90 bits per heavy atom. The Labute approximate surface area is 61.7 Å². The van der Waals surface area contributed by atoms with Crippen LogP contribution >= 0.6 is 11.8 Å². The number of nitrogens with one attached hydrogen (secondary N) is 1. The second-order valence-corrected chi connectivity index (χ2v) is 2.41. The van der Waals surface area contributed by atoms with E-state index in [1.54, 1.807) is 0 Å². The predicted molar refractivity (Wildman–Crippen MR) is 37.3 cm³/mol. The summed E-state index contributed by atoms with van der Waals surface area (Å²) in [6.07, 6.45) is 3.12. The lowest BCUT2D eigenvalue weighted by Crippen LogP contribution is -1.95. The number of aromatic carboxylic acids is 1. The minimum absolute atomic E-state index is 0.129. The molecule has 0 bridgehead atoms. The molecule has 0 atom stereocenters. The fraction of sp³-hybridized carbons (Fsp3) is 0.200. The number of H-pyrrole nitrogens is 1. The van der Waals surface area contributed by atoms with Crippen LogP contribution in [0.1, 0.15) is 10.5 Å². The van der Waals surface area contributed by atoms with Crippen LogP contribution in [-0.4, -0.2) is 27.3 Å². The number of aromatic amines is 1. The van der Waals surface area contributed by atoms with Gasteiger partial charge in [0.2, 0.25) is 0 Å². The van der Waals surface area contributed by atoms with Crippen molar-refractivity contribution in [3.8, 4) is 0 Å². The Morgan fingerprint density at radius 3 is 2.90 bits per heavy atom. The fourth-order valence-electron chi connectivity index (χ4n) is 0.515. The van der Waals surface area contributed by atoms with Gasteiger partial charge in [-0.2, -0.15) is 0 Å². The Kier molecular flexibility index (Phi) is 1.96. The first kappa shape index (κ1) is 7.14. The quantitative estimate of drug-likeness (QED) is 0.625. The summed E-state index contributed by atoms with van der Waals surface area (Å²) in [4.78, 5) is 16.6. The Balaban J connectivity index is 2.88. The average molecular weight is 158 g/mol. The molecule has 0 radical (unpaired) electrons. The normalized spacial score (nSPS) is 9.70. The van der Waals surface area contributed by atoms with Crippen molar-refractivity contribution in [3.05, 3.63) is 11.9 Å². The van der Waals surface area contributed by atoms with Crippen molar-refractivity contribution in [1.29, 1.82) is 0 Å². The number of thioether (sulfide) groups is 1. The zero-order valence-corrected chi connectivity index (χ0v) is 6.10. The Hall–Kier alpha value is -0.970. The molecule has 1 heterocycles. The van der Waals surface area contributed by atoms with E-state index in [-0.39, 0.29) is 5.69 Å². The SMILES string of the molecule is CSc1ncc(C(=O)O)[nH]1. The van der Waals surface area contributed by atoms with Gasteiger partial charge in [0.1, 0.15) is 5.69 Å². The summed E-state index contributed by atoms with van der Waals surface area (Å²) in [5.74, 6) is -0.979. The summed E-state index contributed by atoms with van der Waals surface area (Å²) in [6.45, 7) is 0. The smallest absolute Gasteiger partial charge is 0.353 e. The third kappa shape index (κ3) is 1.30. The molecule has 54 valence electrons. The average Bonchev–Trinajstić information content (AvgIpc) is 2.34. The summed E-state index contributed by atoms with van der Waals surface area (Å²) in [5.41, 5.74) is 0.129. The van der Waals surface area contributed by atoms with Gasteiger partial charge < -0.3 is 10.1 Å². The molecular formula is C5H6N2O2S. The molecular weight excluding hydrogens is 152 g/mol. The number of nitrogens with zero attached hydrogens (tertiary/aromatic N) is 1. The Bertz CT molecular complexity index is 246.